The van der Waals surface area contributed by atoms with Crippen molar-refractivity contribution in [3.8, 4) is 11.1 Å². The Morgan fingerprint density at radius 1 is 1.08 bits per heavy atom. The van der Waals surface area contributed by atoms with Gasteiger partial charge in [-0.25, -0.2) is 14.4 Å². The molecule has 0 aliphatic carbocycles. The van der Waals surface area contributed by atoms with Crippen LogP contribution in [0.2, 0.25) is 5.02 Å². The molecule has 1 aromatic heterocycles. The van der Waals surface area contributed by atoms with Crippen molar-refractivity contribution in [2.75, 3.05) is 6.54 Å². The molecule has 0 N–H and O–H groups in total. The average molecular weight is 368 g/mol. The summed E-state index contributed by atoms with van der Waals surface area (Å²) in [5, 5.41) is 0.365. The molecule has 4 nitrogen and oxygen atoms in total. The number of benzene rings is 2. The summed E-state index contributed by atoms with van der Waals surface area (Å²) in [6.45, 7) is 1.06. The Morgan fingerprint density at radius 2 is 1.88 bits per heavy atom. The minimum Gasteiger partial charge on any atom is -0.331 e. The second kappa shape index (κ2) is 6.84. The summed E-state index contributed by atoms with van der Waals surface area (Å²) in [6, 6.07) is 12.2. The molecule has 0 radical (unpaired) electrons. The third-order valence-electron chi connectivity index (χ3n) is 4.50. The van der Waals surface area contributed by atoms with E-state index in [9.17, 15) is 9.18 Å². The Morgan fingerprint density at radius 3 is 2.65 bits per heavy atom. The molecule has 2 aromatic carbocycles. The molecule has 3 aromatic rings. The van der Waals surface area contributed by atoms with Crippen LogP contribution in [0.4, 0.5) is 4.39 Å². The maximum Gasteiger partial charge on any atom is 0.291 e. The molecule has 1 aliphatic rings. The summed E-state index contributed by atoms with van der Waals surface area (Å²) in [7, 11) is 0. The molecule has 1 amide bonds. The molecule has 1 aliphatic heterocycles. The number of hydrogen-bond acceptors (Lipinski definition) is 3. The number of hydrogen-bond donors (Lipinski definition) is 0. The molecule has 0 saturated heterocycles. The minimum absolute atomic E-state index is 0.191. The number of amides is 1. The average Bonchev–Trinajstić information content (AvgIpc) is 2.67. The number of rotatable bonds is 2. The zero-order valence-corrected chi connectivity index (χ0v) is 14.6. The maximum atomic E-state index is 14.2. The number of carbonyl (C=O) groups excluding carboxylic acids is 1. The molecule has 26 heavy (non-hydrogen) atoms. The highest BCUT2D eigenvalue weighted by Gasteiger charge is 2.23. The van der Waals surface area contributed by atoms with Crippen LogP contribution in [0.25, 0.3) is 11.1 Å². The Hall–Kier alpha value is -2.79. The number of nitrogens with zero attached hydrogens (tertiary/aromatic N) is 3. The number of aromatic nitrogens is 2. The first kappa shape index (κ1) is 16.7. The molecule has 130 valence electrons. The second-order valence-corrected chi connectivity index (χ2v) is 6.59. The molecular weight excluding hydrogens is 353 g/mol. The molecule has 6 heteroatoms. The van der Waals surface area contributed by atoms with Crippen molar-refractivity contribution in [2.45, 2.75) is 13.0 Å². The summed E-state index contributed by atoms with van der Waals surface area (Å²) < 4.78 is 14.2. The van der Waals surface area contributed by atoms with Gasteiger partial charge in [-0.3, -0.25) is 4.79 Å². The molecular formula is C20H15ClFN3O. The van der Waals surface area contributed by atoms with E-state index in [0.717, 1.165) is 17.5 Å². The highest BCUT2D eigenvalue weighted by Crippen LogP contribution is 2.29. The Labute approximate surface area is 155 Å². The van der Waals surface area contributed by atoms with Gasteiger partial charge in [-0.15, -0.1) is 0 Å². The van der Waals surface area contributed by atoms with Gasteiger partial charge >= 0.3 is 0 Å². The fourth-order valence-electron chi connectivity index (χ4n) is 3.17. The highest BCUT2D eigenvalue weighted by atomic mass is 35.5. The first-order valence-electron chi connectivity index (χ1n) is 8.25. The van der Waals surface area contributed by atoms with E-state index >= 15 is 0 Å². The van der Waals surface area contributed by atoms with Gasteiger partial charge in [0.15, 0.2) is 0 Å². The van der Waals surface area contributed by atoms with Gasteiger partial charge in [-0.1, -0.05) is 23.7 Å². The van der Waals surface area contributed by atoms with Crippen LogP contribution in [-0.4, -0.2) is 27.3 Å². The van der Waals surface area contributed by atoms with E-state index < -0.39 is 0 Å². The first-order chi connectivity index (χ1) is 12.6. The molecule has 0 atom stereocenters. The number of halogens is 2. The monoisotopic (exact) mass is 367 g/mol. The SMILES string of the molecule is O=C(c1ncccn1)N1CCc2ccc(-c3ccc(Cl)cc3F)cc2C1. The predicted molar refractivity (Wildman–Crippen MR) is 97.3 cm³/mol. The summed E-state index contributed by atoms with van der Waals surface area (Å²) in [4.78, 5) is 22.4. The van der Waals surface area contributed by atoms with Gasteiger partial charge in [0.1, 0.15) is 5.82 Å². The third-order valence-corrected chi connectivity index (χ3v) is 4.74. The standard InChI is InChI=1S/C20H15ClFN3O/c21-16-4-5-17(18(22)11-16)14-3-2-13-6-9-25(12-15(13)10-14)20(26)19-23-7-1-8-24-19/h1-5,7-8,10-11H,6,9,12H2. The van der Waals surface area contributed by atoms with E-state index in [-0.39, 0.29) is 17.5 Å². The summed E-state index contributed by atoms with van der Waals surface area (Å²) in [6.07, 6.45) is 3.86. The van der Waals surface area contributed by atoms with Crippen molar-refractivity contribution in [1.29, 1.82) is 0 Å². The van der Waals surface area contributed by atoms with E-state index in [1.807, 2.05) is 18.2 Å². The van der Waals surface area contributed by atoms with Crippen LogP contribution in [0.3, 0.4) is 0 Å². The van der Waals surface area contributed by atoms with Gasteiger partial charge < -0.3 is 4.90 Å². The summed E-state index contributed by atoms with van der Waals surface area (Å²) in [5.74, 6) is -0.367. The highest BCUT2D eigenvalue weighted by molar-refractivity contribution is 6.30. The van der Waals surface area contributed by atoms with Crippen molar-refractivity contribution >= 4 is 17.5 Å². The van der Waals surface area contributed by atoms with Crippen LogP contribution in [0, 0.1) is 5.82 Å². The molecule has 0 fully saturated rings. The van der Waals surface area contributed by atoms with Gasteiger partial charge in [0.25, 0.3) is 5.91 Å². The van der Waals surface area contributed by atoms with E-state index in [1.54, 1.807) is 35.5 Å². The lowest BCUT2D eigenvalue weighted by atomic mass is 9.94. The van der Waals surface area contributed by atoms with Gasteiger partial charge in [0, 0.05) is 36.1 Å². The molecule has 0 saturated carbocycles. The second-order valence-electron chi connectivity index (χ2n) is 6.16. The van der Waals surface area contributed by atoms with Gasteiger partial charge in [-0.2, -0.15) is 0 Å². The van der Waals surface area contributed by atoms with Crippen molar-refractivity contribution in [2.24, 2.45) is 0 Å². The lowest BCUT2D eigenvalue weighted by Gasteiger charge is -2.28. The minimum atomic E-state index is -0.362. The fourth-order valence-corrected chi connectivity index (χ4v) is 3.33. The van der Waals surface area contributed by atoms with E-state index in [4.69, 9.17) is 11.6 Å². The largest absolute Gasteiger partial charge is 0.331 e. The molecule has 2 heterocycles. The summed E-state index contributed by atoms with van der Waals surface area (Å²) >= 11 is 5.84. The van der Waals surface area contributed by atoms with Gasteiger partial charge in [0.05, 0.1) is 0 Å². The fraction of sp³-hybridized carbons (Fsp3) is 0.150. The quantitative estimate of drug-likeness (QED) is 0.684. The Kier molecular flexibility index (Phi) is 4.39. The number of carbonyl (C=O) groups is 1. The molecule has 0 bridgehead atoms. The Bertz CT molecular complexity index is 978. The van der Waals surface area contributed by atoms with Crippen molar-refractivity contribution in [3.63, 3.8) is 0 Å². The smallest absolute Gasteiger partial charge is 0.291 e. The van der Waals surface area contributed by atoms with Crippen LogP contribution in [0.1, 0.15) is 21.7 Å². The lowest BCUT2D eigenvalue weighted by molar-refractivity contribution is 0.0722. The topological polar surface area (TPSA) is 46.1 Å². The molecule has 0 unspecified atom stereocenters. The van der Waals surface area contributed by atoms with Crippen LogP contribution >= 0.6 is 11.6 Å². The van der Waals surface area contributed by atoms with E-state index in [2.05, 4.69) is 9.97 Å². The lowest BCUT2D eigenvalue weighted by Crippen LogP contribution is -2.36. The zero-order valence-electron chi connectivity index (χ0n) is 13.8. The van der Waals surface area contributed by atoms with Crippen LogP contribution in [0.15, 0.2) is 54.9 Å². The normalized spacial score (nSPS) is 13.4. The molecule has 4 rings (SSSR count). The Balaban J connectivity index is 1.63. The van der Waals surface area contributed by atoms with Gasteiger partial charge in [0.2, 0.25) is 5.82 Å². The number of fused-ring (bicyclic) bond motifs is 1. The zero-order chi connectivity index (χ0) is 18.1. The van der Waals surface area contributed by atoms with E-state index in [1.165, 1.54) is 11.6 Å². The van der Waals surface area contributed by atoms with Crippen LogP contribution in [0.5, 0.6) is 0 Å². The van der Waals surface area contributed by atoms with Crippen LogP contribution < -0.4 is 0 Å². The first-order valence-corrected chi connectivity index (χ1v) is 8.63. The predicted octanol–water partition coefficient (Wildman–Crippen LogP) is 4.13. The third kappa shape index (κ3) is 3.18. The summed E-state index contributed by atoms with van der Waals surface area (Å²) in [5.41, 5.74) is 3.43. The van der Waals surface area contributed by atoms with Crippen molar-refractivity contribution in [1.82, 2.24) is 14.9 Å². The van der Waals surface area contributed by atoms with Gasteiger partial charge in [-0.05, 0) is 53.4 Å². The molecule has 0 spiro atoms. The maximum absolute atomic E-state index is 14.2. The van der Waals surface area contributed by atoms with Crippen molar-refractivity contribution < 1.29 is 9.18 Å². The van der Waals surface area contributed by atoms with E-state index in [0.29, 0.717) is 23.7 Å². The van der Waals surface area contributed by atoms with Crippen LogP contribution in [-0.2, 0) is 13.0 Å². The van der Waals surface area contributed by atoms with Crippen molar-refractivity contribution in [3.05, 3.63) is 82.6 Å².